The average molecular weight is 242 g/mol. The van der Waals surface area contributed by atoms with Crippen molar-refractivity contribution in [2.45, 2.75) is 4.90 Å². The molecule has 0 saturated heterocycles. The summed E-state index contributed by atoms with van der Waals surface area (Å²) in [5.74, 6) is 0.296. The molecule has 0 fully saturated rings. The van der Waals surface area contributed by atoms with E-state index < -0.39 is 0 Å². The van der Waals surface area contributed by atoms with Crippen LogP contribution in [-0.2, 0) is 0 Å². The number of benzene rings is 2. The van der Waals surface area contributed by atoms with Gasteiger partial charge in [-0.2, -0.15) is 0 Å². The highest BCUT2D eigenvalue weighted by molar-refractivity contribution is 7.98. The van der Waals surface area contributed by atoms with E-state index in [0.29, 0.717) is 5.75 Å². The van der Waals surface area contributed by atoms with Crippen LogP contribution in [0.2, 0.25) is 0 Å². The zero-order valence-electron chi connectivity index (χ0n) is 9.63. The van der Waals surface area contributed by atoms with Crippen molar-refractivity contribution in [1.82, 2.24) is 0 Å². The third-order valence-corrected chi connectivity index (χ3v) is 3.20. The summed E-state index contributed by atoms with van der Waals surface area (Å²) in [4.78, 5) is 1.26. The Hall–Kier alpha value is -1.67. The molecule has 0 aliphatic heterocycles. The normalized spacial score (nSPS) is 10.9. The third-order valence-electron chi connectivity index (χ3n) is 2.45. The van der Waals surface area contributed by atoms with Crippen LogP contribution in [0.4, 0.5) is 0 Å². The summed E-state index contributed by atoms with van der Waals surface area (Å²) in [6.07, 6.45) is 6.10. The molecule has 2 aromatic rings. The van der Waals surface area contributed by atoms with Crippen LogP contribution in [0.25, 0.3) is 12.2 Å². The molecule has 0 amide bonds. The van der Waals surface area contributed by atoms with E-state index in [2.05, 4.69) is 30.5 Å². The SMILES string of the molecule is CSc1ccc(/C=C/c2cccc(O)c2)cc1. The predicted molar refractivity (Wildman–Crippen MR) is 75.3 cm³/mol. The molecule has 0 atom stereocenters. The highest BCUT2D eigenvalue weighted by atomic mass is 32.2. The van der Waals surface area contributed by atoms with Gasteiger partial charge in [-0.1, -0.05) is 36.4 Å². The maximum atomic E-state index is 9.34. The molecule has 2 rings (SSSR count). The topological polar surface area (TPSA) is 20.2 Å². The Balaban J connectivity index is 2.14. The lowest BCUT2D eigenvalue weighted by Gasteiger charge is -1.98. The summed E-state index contributed by atoms with van der Waals surface area (Å²) in [7, 11) is 0. The third kappa shape index (κ3) is 3.40. The van der Waals surface area contributed by atoms with Crippen molar-refractivity contribution < 1.29 is 5.11 Å². The van der Waals surface area contributed by atoms with Crippen molar-refractivity contribution in [3.63, 3.8) is 0 Å². The first-order valence-corrected chi connectivity index (χ1v) is 6.61. The second kappa shape index (κ2) is 5.60. The van der Waals surface area contributed by atoms with E-state index in [9.17, 15) is 5.11 Å². The van der Waals surface area contributed by atoms with Gasteiger partial charge in [0.1, 0.15) is 5.75 Å². The maximum absolute atomic E-state index is 9.34. The minimum Gasteiger partial charge on any atom is -0.508 e. The molecular formula is C15H14OS. The van der Waals surface area contributed by atoms with Gasteiger partial charge in [0.2, 0.25) is 0 Å². The van der Waals surface area contributed by atoms with Gasteiger partial charge in [-0.05, 0) is 41.6 Å². The van der Waals surface area contributed by atoms with Crippen LogP contribution >= 0.6 is 11.8 Å². The molecule has 0 aliphatic rings. The zero-order valence-corrected chi connectivity index (χ0v) is 10.4. The molecule has 0 spiro atoms. The van der Waals surface area contributed by atoms with Gasteiger partial charge in [0.25, 0.3) is 0 Å². The van der Waals surface area contributed by atoms with Crippen molar-refractivity contribution in [2.24, 2.45) is 0 Å². The lowest BCUT2D eigenvalue weighted by atomic mass is 10.1. The minimum absolute atomic E-state index is 0.296. The number of phenols is 1. The van der Waals surface area contributed by atoms with E-state index in [1.807, 2.05) is 24.3 Å². The molecule has 2 aromatic carbocycles. The van der Waals surface area contributed by atoms with E-state index in [1.165, 1.54) is 4.90 Å². The first kappa shape index (κ1) is 11.8. The van der Waals surface area contributed by atoms with E-state index in [1.54, 1.807) is 23.9 Å². The maximum Gasteiger partial charge on any atom is 0.116 e. The van der Waals surface area contributed by atoms with Crippen LogP contribution in [0.3, 0.4) is 0 Å². The summed E-state index contributed by atoms with van der Waals surface area (Å²) < 4.78 is 0. The molecule has 0 bridgehead atoms. The molecule has 1 N–H and O–H groups in total. The lowest BCUT2D eigenvalue weighted by molar-refractivity contribution is 0.475. The Bertz CT molecular complexity index is 515. The Labute approximate surface area is 106 Å². The van der Waals surface area contributed by atoms with E-state index >= 15 is 0 Å². The van der Waals surface area contributed by atoms with Gasteiger partial charge in [0.05, 0.1) is 0 Å². The van der Waals surface area contributed by atoms with E-state index in [4.69, 9.17) is 0 Å². The fourth-order valence-electron chi connectivity index (χ4n) is 1.54. The largest absolute Gasteiger partial charge is 0.508 e. The van der Waals surface area contributed by atoms with E-state index in [-0.39, 0.29) is 0 Å². The van der Waals surface area contributed by atoms with Gasteiger partial charge in [-0.25, -0.2) is 0 Å². The molecule has 86 valence electrons. The molecule has 0 radical (unpaired) electrons. The predicted octanol–water partition coefficient (Wildman–Crippen LogP) is 4.28. The minimum atomic E-state index is 0.296. The van der Waals surface area contributed by atoms with E-state index in [0.717, 1.165) is 11.1 Å². The smallest absolute Gasteiger partial charge is 0.116 e. The summed E-state index contributed by atoms with van der Waals surface area (Å²) in [5.41, 5.74) is 2.16. The molecule has 1 nitrogen and oxygen atoms in total. The number of rotatable bonds is 3. The first-order valence-electron chi connectivity index (χ1n) is 5.39. The van der Waals surface area contributed by atoms with Gasteiger partial charge in [-0.3, -0.25) is 0 Å². The summed E-state index contributed by atoms with van der Waals surface area (Å²) in [6, 6.07) is 15.6. The van der Waals surface area contributed by atoms with Crippen molar-refractivity contribution in [3.8, 4) is 5.75 Å². The van der Waals surface area contributed by atoms with Gasteiger partial charge < -0.3 is 5.11 Å². The Morgan fingerprint density at radius 2 is 1.65 bits per heavy atom. The number of hydrogen-bond donors (Lipinski definition) is 1. The number of thioether (sulfide) groups is 1. The summed E-state index contributed by atoms with van der Waals surface area (Å²) in [5, 5.41) is 9.34. The number of phenolic OH excluding ortho intramolecular Hbond substituents is 1. The monoisotopic (exact) mass is 242 g/mol. The van der Waals surface area contributed by atoms with Crippen LogP contribution in [-0.4, -0.2) is 11.4 Å². The molecule has 0 unspecified atom stereocenters. The summed E-state index contributed by atoms with van der Waals surface area (Å²) >= 11 is 1.74. The standard InChI is InChI=1S/C15H14OS/c1-17-15-9-7-12(8-10-15)5-6-13-3-2-4-14(16)11-13/h2-11,16H,1H3/b6-5+. The van der Waals surface area contributed by atoms with Crippen molar-refractivity contribution in [2.75, 3.05) is 6.26 Å². The Morgan fingerprint density at radius 1 is 0.941 bits per heavy atom. The van der Waals surface area contributed by atoms with Crippen LogP contribution in [0.15, 0.2) is 53.4 Å². The average Bonchev–Trinajstić information content (AvgIpc) is 2.37. The summed E-state index contributed by atoms with van der Waals surface area (Å²) in [6.45, 7) is 0. The quantitative estimate of drug-likeness (QED) is 0.640. The Morgan fingerprint density at radius 3 is 2.29 bits per heavy atom. The van der Waals surface area contributed by atoms with Crippen LogP contribution in [0.5, 0.6) is 5.75 Å². The van der Waals surface area contributed by atoms with Crippen molar-refractivity contribution in [1.29, 1.82) is 0 Å². The molecule has 2 heteroatoms. The van der Waals surface area contributed by atoms with Gasteiger partial charge in [0.15, 0.2) is 0 Å². The second-order valence-electron chi connectivity index (χ2n) is 3.70. The fraction of sp³-hybridized carbons (Fsp3) is 0.0667. The van der Waals surface area contributed by atoms with Gasteiger partial charge in [0, 0.05) is 4.90 Å². The molecule has 0 heterocycles. The van der Waals surface area contributed by atoms with Gasteiger partial charge in [-0.15, -0.1) is 11.8 Å². The van der Waals surface area contributed by atoms with Crippen molar-refractivity contribution >= 4 is 23.9 Å². The fourth-order valence-corrected chi connectivity index (χ4v) is 1.94. The highest BCUT2D eigenvalue weighted by Gasteiger charge is 1.91. The van der Waals surface area contributed by atoms with Crippen molar-refractivity contribution in [3.05, 3.63) is 59.7 Å². The number of hydrogen-bond acceptors (Lipinski definition) is 2. The Kier molecular flexibility index (Phi) is 3.89. The van der Waals surface area contributed by atoms with Crippen LogP contribution in [0.1, 0.15) is 11.1 Å². The van der Waals surface area contributed by atoms with Crippen LogP contribution < -0.4 is 0 Å². The molecule has 0 saturated carbocycles. The highest BCUT2D eigenvalue weighted by Crippen LogP contribution is 2.17. The molecule has 17 heavy (non-hydrogen) atoms. The van der Waals surface area contributed by atoms with Gasteiger partial charge >= 0.3 is 0 Å². The first-order chi connectivity index (χ1) is 8.28. The number of aromatic hydroxyl groups is 1. The molecular weight excluding hydrogens is 228 g/mol. The second-order valence-corrected chi connectivity index (χ2v) is 4.58. The van der Waals surface area contributed by atoms with Crippen LogP contribution in [0, 0.1) is 0 Å². The molecule has 0 aliphatic carbocycles. The zero-order chi connectivity index (χ0) is 12.1. The molecule has 0 aromatic heterocycles. The lowest BCUT2D eigenvalue weighted by Crippen LogP contribution is -1.74.